The SMILES string of the molecule is CCCCCC/C=C\CCCCCCCC(=O)OCCCCCCCCCCCCCCCCCCCCCCCCCCCCCCCCCC(=O)NC(CO)C(O)CCCCCCCCCCCCCCCCCCCCC. The van der Waals surface area contributed by atoms with Crippen molar-refractivity contribution in [3.8, 4) is 0 Å². The summed E-state index contributed by atoms with van der Waals surface area (Å²) in [5.74, 6) is -0.0136. The van der Waals surface area contributed by atoms with E-state index in [2.05, 4.69) is 31.3 Å². The van der Waals surface area contributed by atoms with E-state index in [1.165, 1.54) is 347 Å². The number of allylic oxidation sites excluding steroid dienone is 2. The molecule has 0 aromatic heterocycles. The molecule has 476 valence electrons. The van der Waals surface area contributed by atoms with Gasteiger partial charge in [-0.1, -0.05) is 373 Å². The van der Waals surface area contributed by atoms with Gasteiger partial charge in [0, 0.05) is 12.8 Å². The number of carbonyl (C=O) groups excluding carboxylic acids is 2. The van der Waals surface area contributed by atoms with Crippen molar-refractivity contribution in [1.82, 2.24) is 5.32 Å². The van der Waals surface area contributed by atoms with Gasteiger partial charge >= 0.3 is 5.97 Å². The standard InChI is InChI=1S/C74H145NO5/c1-3-5-7-9-11-13-15-17-18-19-33-36-39-43-46-50-54-58-62-66-72(77)71(70-76)75-73(78)67-63-59-55-51-47-44-40-37-34-31-29-27-25-23-21-20-22-24-26-28-30-32-35-38-41-45-49-53-57-61-65-69-80-74(79)68-64-60-56-52-48-42-16-14-12-10-8-6-4-2/h14,16,71-72,76-77H,3-13,15,17-70H2,1-2H3,(H,75,78)/b16-14-. The van der Waals surface area contributed by atoms with Crippen LogP contribution < -0.4 is 5.32 Å². The predicted molar refractivity (Wildman–Crippen MR) is 352 cm³/mol. The van der Waals surface area contributed by atoms with Crippen molar-refractivity contribution in [3.05, 3.63) is 12.2 Å². The Kier molecular flexibility index (Phi) is 68.9. The van der Waals surface area contributed by atoms with Crippen molar-refractivity contribution >= 4 is 11.9 Å². The zero-order chi connectivity index (χ0) is 57.8. The maximum atomic E-state index is 12.5. The number of hydrogen-bond donors (Lipinski definition) is 3. The number of unbranched alkanes of at least 4 members (excludes halogenated alkanes) is 57. The molecule has 6 nitrogen and oxygen atoms in total. The van der Waals surface area contributed by atoms with Crippen molar-refractivity contribution in [2.45, 2.75) is 437 Å². The first-order chi connectivity index (χ1) is 39.5. The Balaban J connectivity index is 3.33. The van der Waals surface area contributed by atoms with Crippen molar-refractivity contribution in [2.24, 2.45) is 0 Å². The normalized spacial score (nSPS) is 12.5. The molecule has 0 aliphatic rings. The Labute approximate surface area is 501 Å². The van der Waals surface area contributed by atoms with E-state index in [1.807, 2.05) is 0 Å². The van der Waals surface area contributed by atoms with E-state index in [1.54, 1.807) is 0 Å². The first-order valence-electron chi connectivity index (χ1n) is 36.9. The van der Waals surface area contributed by atoms with Crippen LogP contribution in [-0.4, -0.2) is 47.4 Å². The van der Waals surface area contributed by atoms with E-state index >= 15 is 0 Å². The van der Waals surface area contributed by atoms with Crippen LogP contribution in [0.5, 0.6) is 0 Å². The van der Waals surface area contributed by atoms with Gasteiger partial charge in [-0.2, -0.15) is 0 Å². The van der Waals surface area contributed by atoms with Crippen molar-refractivity contribution in [1.29, 1.82) is 0 Å². The largest absolute Gasteiger partial charge is 0.466 e. The number of aliphatic hydroxyl groups is 2. The number of nitrogens with one attached hydrogen (secondary N) is 1. The molecule has 0 aromatic carbocycles. The van der Waals surface area contributed by atoms with Gasteiger partial charge in [-0.3, -0.25) is 9.59 Å². The minimum absolute atomic E-state index is 0.0124. The molecule has 0 bridgehead atoms. The van der Waals surface area contributed by atoms with E-state index in [4.69, 9.17) is 4.74 Å². The highest BCUT2D eigenvalue weighted by Gasteiger charge is 2.20. The van der Waals surface area contributed by atoms with Crippen LogP contribution in [0.2, 0.25) is 0 Å². The topological polar surface area (TPSA) is 95.9 Å². The summed E-state index contributed by atoms with van der Waals surface area (Å²) in [6, 6.07) is -0.538. The van der Waals surface area contributed by atoms with Gasteiger partial charge in [-0.05, 0) is 51.4 Å². The molecule has 0 fully saturated rings. The van der Waals surface area contributed by atoms with Crippen molar-refractivity contribution in [2.75, 3.05) is 13.2 Å². The molecular formula is C74H145NO5. The molecule has 2 unspecified atom stereocenters. The molecule has 80 heavy (non-hydrogen) atoms. The highest BCUT2D eigenvalue weighted by Crippen LogP contribution is 2.20. The molecule has 2 atom stereocenters. The third kappa shape index (κ3) is 65.7. The second-order valence-electron chi connectivity index (χ2n) is 25.6. The van der Waals surface area contributed by atoms with E-state index < -0.39 is 12.1 Å². The van der Waals surface area contributed by atoms with Gasteiger partial charge in [0.15, 0.2) is 0 Å². The molecule has 0 radical (unpaired) electrons. The van der Waals surface area contributed by atoms with Crippen LogP contribution in [0, 0.1) is 0 Å². The quantitative estimate of drug-likeness (QED) is 0.0320. The molecule has 0 rings (SSSR count). The van der Waals surface area contributed by atoms with Crippen LogP contribution in [-0.2, 0) is 14.3 Å². The Morgan fingerprint density at radius 1 is 0.338 bits per heavy atom. The highest BCUT2D eigenvalue weighted by atomic mass is 16.5. The van der Waals surface area contributed by atoms with Crippen molar-refractivity contribution in [3.63, 3.8) is 0 Å². The lowest BCUT2D eigenvalue weighted by Crippen LogP contribution is -2.45. The van der Waals surface area contributed by atoms with Gasteiger partial charge in [0.05, 0.1) is 25.4 Å². The summed E-state index contributed by atoms with van der Waals surface area (Å²) >= 11 is 0. The van der Waals surface area contributed by atoms with Gasteiger partial charge in [0.25, 0.3) is 0 Å². The first kappa shape index (κ1) is 78.6. The molecule has 1 amide bonds. The van der Waals surface area contributed by atoms with Crippen LogP contribution in [0.3, 0.4) is 0 Å². The fourth-order valence-corrected chi connectivity index (χ4v) is 11.9. The second kappa shape index (κ2) is 70.1. The average molecular weight is 1130 g/mol. The van der Waals surface area contributed by atoms with E-state index in [0.717, 1.165) is 44.9 Å². The lowest BCUT2D eigenvalue weighted by molar-refractivity contribution is -0.143. The third-order valence-electron chi connectivity index (χ3n) is 17.6. The summed E-state index contributed by atoms with van der Waals surface area (Å²) < 4.78 is 5.49. The molecule has 6 heteroatoms. The van der Waals surface area contributed by atoms with Gasteiger partial charge < -0.3 is 20.3 Å². The van der Waals surface area contributed by atoms with Gasteiger partial charge in [-0.25, -0.2) is 0 Å². The number of hydrogen-bond acceptors (Lipinski definition) is 5. The van der Waals surface area contributed by atoms with Gasteiger partial charge in [0.2, 0.25) is 5.91 Å². The summed E-state index contributed by atoms with van der Waals surface area (Å²) in [7, 11) is 0. The predicted octanol–water partition coefficient (Wildman–Crippen LogP) is 23.9. The molecular weight excluding hydrogens is 983 g/mol. The van der Waals surface area contributed by atoms with Crippen LogP contribution in [0.25, 0.3) is 0 Å². The number of rotatable bonds is 70. The van der Waals surface area contributed by atoms with Crippen LogP contribution in [0.1, 0.15) is 425 Å². The molecule has 0 aliphatic carbocycles. The monoisotopic (exact) mass is 1130 g/mol. The van der Waals surface area contributed by atoms with Gasteiger partial charge in [0.1, 0.15) is 0 Å². The van der Waals surface area contributed by atoms with E-state index in [-0.39, 0.29) is 18.5 Å². The smallest absolute Gasteiger partial charge is 0.305 e. The average Bonchev–Trinajstić information content (AvgIpc) is 3.46. The maximum absolute atomic E-state index is 12.5. The summed E-state index contributed by atoms with van der Waals surface area (Å²) in [5, 5.41) is 23.4. The minimum atomic E-state index is -0.661. The molecule has 0 saturated carbocycles. The maximum Gasteiger partial charge on any atom is 0.305 e. The number of ether oxygens (including phenoxy) is 1. The van der Waals surface area contributed by atoms with Crippen LogP contribution in [0.4, 0.5) is 0 Å². The van der Waals surface area contributed by atoms with Crippen LogP contribution >= 0.6 is 0 Å². The minimum Gasteiger partial charge on any atom is -0.466 e. The number of aliphatic hydroxyl groups excluding tert-OH is 2. The first-order valence-corrected chi connectivity index (χ1v) is 36.9. The zero-order valence-electron chi connectivity index (χ0n) is 54.6. The van der Waals surface area contributed by atoms with Crippen LogP contribution in [0.15, 0.2) is 12.2 Å². The Bertz CT molecular complexity index is 1210. The Morgan fingerprint density at radius 3 is 0.900 bits per heavy atom. The summed E-state index contributed by atoms with van der Waals surface area (Å²) in [5.41, 5.74) is 0. The Morgan fingerprint density at radius 2 is 0.588 bits per heavy atom. The van der Waals surface area contributed by atoms with E-state index in [9.17, 15) is 19.8 Å². The lowest BCUT2D eigenvalue weighted by atomic mass is 10.0. The molecule has 0 heterocycles. The third-order valence-corrected chi connectivity index (χ3v) is 17.6. The fourth-order valence-electron chi connectivity index (χ4n) is 11.9. The van der Waals surface area contributed by atoms with Gasteiger partial charge in [-0.15, -0.1) is 0 Å². The zero-order valence-corrected chi connectivity index (χ0v) is 54.6. The molecule has 3 N–H and O–H groups in total. The molecule has 0 aromatic rings. The molecule has 0 saturated heterocycles. The number of amides is 1. The summed E-state index contributed by atoms with van der Waals surface area (Å²) in [6.45, 7) is 4.98. The fraction of sp³-hybridized carbons (Fsp3) is 0.946. The van der Waals surface area contributed by atoms with E-state index in [0.29, 0.717) is 25.9 Å². The highest BCUT2D eigenvalue weighted by molar-refractivity contribution is 5.76. The van der Waals surface area contributed by atoms with Crippen molar-refractivity contribution < 1.29 is 24.5 Å². The Hall–Kier alpha value is -1.40. The number of esters is 1. The number of carbonyl (C=O) groups is 2. The summed E-state index contributed by atoms with van der Waals surface area (Å²) in [6.07, 6.45) is 87.1. The lowest BCUT2D eigenvalue weighted by Gasteiger charge is -2.22. The molecule has 0 spiro atoms. The second-order valence-corrected chi connectivity index (χ2v) is 25.6. The molecule has 0 aliphatic heterocycles. The summed E-state index contributed by atoms with van der Waals surface area (Å²) in [4.78, 5) is 24.6.